The van der Waals surface area contributed by atoms with Crippen molar-refractivity contribution in [2.75, 3.05) is 26.8 Å². The molecule has 0 spiro atoms. The average Bonchev–Trinajstić information content (AvgIpc) is 2.38. The van der Waals surface area contributed by atoms with Crippen LogP contribution in [0.1, 0.15) is 12.5 Å². The number of alkyl halides is 1. The molecule has 0 aromatic heterocycles. The Balaban J connectivity index is 3.02. The van der Waals surface area contributed by atoms with E-state index >= 15 is 0 Å². The van der Waals surface area contributed by atoms with E-state index in [4.69, 9.17) is 16.3 Å². The first-order chi connectivity index (χ1) is 8.93. The third kappa shape index (κ3) is 4.14. The van der Waals surface area contributed by atoms with Crippen molar-refractivity contribution in [3.05, 3.63) is 29.6 Å². The van der Waals surface area contributed by atoms with Crippen LogP contribution in [0.5, 0.6) is 0 Å². The van der Waals surface area contributed by atoms with Gasteiger partial charge in [0.1, 0.15) is 5.82 Å². The van der Waals surface area contributed by atoms with E-state index in [1.807, 2.05) is 6.92 Å². The zero-order chi connectivity index (χ0) is 14.5. The average molecular weight is 310 g/mol. The topological polar surface area (TPSA) is 46.6 Å². The summed E-state index contributed by atoms with van der Waals surface area (Å²) in [5, 5.41) is 0. The summed E-state index contributed by atoms with van der Waals surface area (Å²) in [6.45, 7) is 2.83. The molecule has 0 aliphatic carbocycles. The van der Waals surface area contributed by atoms with Gasteiger partial charge < -0.3 is 4.74 Å². The molecule has 0 saturated carbocycles. The molecule has 0 N–H and O–H groups in total. The first-order valence-corrected chi connectivity index (χ1v) is 7.79. The first-order valence-electron chi connectivity index (χ1n) is 5.82. The molecular formula is C12H17ClFNO3S. The van der Waals surface area contributed by atoms with E-state index < -0.39 is 15.8 Å². The van der Waals surface area contributed by atoms with E-state index in [9.17, 15) is 12.8 Å². The molecule has 0 bridgehead atoms. The summed E-state index contributed by atoms with van der Waals surface area (Å²) in [4.78, 5) is -0.0958. The van der Waals surface area contributed by atoms with Crippen molar-refractivity contribution in [1.82, 2.24) is 4.31 Å². The minimum atomic E-state index is -3.76. The van der Waals surface area contributed by atoms with Crippen LogP contribution in [0, 0.1) is 5.82 Å². The standard InChI is InChI=1S/C12H17ClFNO3S/c1-3-18-7-6-15(2)19(16,17)12-8-11(14)5-4-10(12)9-13/h4-5,8H,3,6-7,9H2,1-2H3. The van der Waals surface area contributed by atoms with Gasteiger partial charge in [0.25, 0.3) is 0 Å². The minimum absolute atomic E-state index is 0.00808. The Kier molecular flexibility index (Phi) is 6.19. The van der Waals surface area contributed by atoms with Crippen LogP contribution in [0.3, 0.4) is 0 Å². The van der Waals surface area contributed by atoms with Gasteiger partial charge in [0.15, 0.2) is 0 Å². The Morgan fingerprint density at radius 2 is 2.11 bits per heavy atom. The van der Waals surface area contributed by atoms with E-state index in [2.05, 4.69) is 0 Å². The summed E-state index contributed by atoms with van der Waals surface area (Å²) in [6, 6.07) is 3.56. The van der Waals surface area contributed by atoms with Gasteiger partial charge in [-0.3, -0.25) is 0 Å². The minimum Gasteiger partial charge on any atom is -0.380 e. The van der Waals surface area contributed by atoms with Crippen molar-refractivity contribution in [3.63, 3.8) is 0 Å². The smallest absolute Gasteiger partial charge is 0.243 e. The fourth-order valence-electron chi connectivity index (χ4n) is 1.50. The Morgan fingerprint density at radius 1 is 1.42 bits per heavy atom. The van der Waals surface area contributed by atoms with Crippen LogP contribution in [0.15, 0.2) is 23.1 Å². The lowest BCUT2D eigenvalue weighted by Crippen LogP contribution is -2.31. The zero-order valence-electron chi connectivity index (χ0n) is 10.9. The number of rotatable bonds is 7. The number of nitrogens with zero attached hydrogens (tertiary/aromatic N) is 1. The van der Waals surface area contributed by atoms with Gasteiger partial charge in [-0.15, -0.1) is 11.6 Å². The maximum atomic E-state index is 13.2. The molecule has 0 atom stereocenters. The predicted octanol–water partition coefficient (Wildman–Crippen LogP) is 2.22. The van der Waals surface area contributed by atoms with Crippen molar-refractivity contribution in [2.45, 2.75) is 17.7 Å². The third-order valence-electron chi connectivity index (χ3n) is 2.62. The Bertz CT molecular complexity index is 522. The molecule has 7 heteroatoms. The molecule has 19 heavy (non-hydrogen) atoms. The van der Waals surface area contributed by atoms with Gasteiger partial charge in [-0.2, -0.15) is 4.31 Å². The second kappa shape index (κ2) is 7.19. The zero-order valence-corrected chi connectivity index (χ0v) is 12.5. The molecule has 1 rings (SSSR count). The lowest BCUT2D eigenvalue weighted by Gasteiger charge is -2.18. The lowest BCUT2D eigenvalue weighted by atomic mass is 10.2. The second-order valence-corrected chi connectivity index (χ2v) is 6.19. The van der Waals surface area contributed by atoms with Gasteiger partial charge >= 0.3 is 0 Å². The van der Waals surface area contributed by atoms with Crippen LogP contribution in [-0.4, -0.2) is 39.5 Å². The Labute approximate surface area is 118 Å². The first kappa shape index (κ1) is 16.4. The summed E-state index contributed by atoms with van der Waals surface area (Å²) < 4.78 is 44.1. The van der Waals surface area contributed by atoms with Crippen LogP contribution in [0.2, 0.25) is 0 Å². The molecule has 0 heterocycles. The molecule has 0 radical (unpaired) electrons. The van der Waals surface area contributed by atoms with E-state index in [0.29, 0.717) is 12.2 Å². The van der Waals surface area contributed by atoms with E-state index in [1.165, 1.54) is 19.2 Å². The van der Waals surface area contributed by atoms with Gasteiger partial charge in [0.2, 0.25) is 10.0 Å². The summed E-state index contributed by atoms with van der Waals surface area (Å²) >= 11 is 5.69. The lowest BCUT2D eigenvalue weighted by molar-refractivity contribution is 0.138. The van der Waals surface area contributed by atoms with Crippen LogP contribution in [0.4, 0.5) is 4.39 Å². The molecule has 0 aliphatic heterocycles. The van der Waals surface area contributed by atoms with Gasteiger partial charge in [-0.1, -0.05) is 6.07 Å². The van der Waals surface area contributed by atoms with E-state index in [-0.39, 0.29) is 23.9 Å². The molecule has 4 nitrogen and oxygen atoms in total. The number of sulfonamides is 1. The SMILES string of the molecule is CCOCCN(C)S(=O)(=O)c1cc(F)ccc1CCl. The molecule has 1 aromatic rings. The largest absolute Gasteiger partial charge is 0.380 e. The molecule has 0 aliphatic rings. The van der Waals surface area contributed by atoms with Gasteiger partial charge in [-0.05, 0) is 24.6 Å². The highest BCUT2D eigenvalue weighted by Gasteiger charge is 2.24. The highest BCUT2D eigenvalue weighted by molar-refractivity contribution is 7.89. The van der Waals surface area contributed by atoms with E-state index in [1.54, 1.807) is 0 Å². The fraction of sp³-hybridized carbons (Fsp3) is 0.500. The maximum Gasteiger partial charge on any atom is 0.243 e. The Morgan fingerprint density at radius 3 is 2.68 bits per heavy atom. The van der Waals surface area contributed by atoms with Gasteiger partial charge in [0.05, 0.1) is 11.5 Å². The van der Waals surface area contributed by atoms with Gasteiger partial charge in [0, 0.05) is 26.1 Å². The normalized spacial score (nSPS) is 12.1. The molecule has 0 unspecified atom stereocenters. The highest BCUT2D eigenvalue weighted by Crippen LogP contribution is 2.22. The van der Waals surface area contributed by atoms with Crippen molar-refractivity contribution in [2.24, 2.45) is 0 Å². The monoisotopic (exact) mass is 309 g/mol. The number of likely N-dealkylation sites (N-methyl/N-ethyl adjacent to an activating group) is 1. The van der Waals surface area contributed by atoms with Crippen LogP contribution >= 0.6 is 11.6 Å². The Hall–Kier alpha value is -0.690. The maximum absolute atomic E-state index is 13.2. The summed E-state index contributed by atoms with van der Waals surface area (Å²) in [7, 11) is -2.33. The van der Waals surface area contributed by atoms with Crippen LogP contribution < -0.4 is 0 Å². The number of ether oxygens (including phenoxy) is 1. The number of hydrogen-bond donors (Lipinski definition) is 0. The molecule has 0 fully saturated rings. The highest BCUT2D eigenvalue weighted by atomic mass is 35.5. The number of hydrogen-bond acceptors (Lipinski definition) is 3. The quantitative estimate of drug-likeness (QED) is 0.573. The predicted molar refractivity (Wildman–Crippen MR) is 72.3 cm³/mol. The molecule has 108 valence electrons. The summed E-state index contributed by atoms with van der Waals surface area (Å²) in [6.07, 6.45) is 0. The third-order valence-corrected chi connectivity index (χ3v) is 4.84. The van der Waals surface area contributed by atoms with Crippen molar-refractivity contribution in [3.8, 4) is 0 Å². The summed E-state index contributed by atoms with van der Waals surface area (Å²) in [5.74, 6) is -0.598. The van der Waals surface area contributed by atoms with Crippen molar-refractivity contribution >= 4 is 21.6 Å². The van der Waals surface area contributed by atoms with Gasteiger partial charge in [-0.25, -0.2) is 12.8 Å². The molecular weight excluding hydrogens is 293 g/mol. The number of benzene rings is 1. The molecule has 0 saturated heterocycles. The molecule has 0 amide bonds. The van der Waals surface area contributed by atoms with E-state index in [0.717, 1.165) is 10.4 Å². The molecule has 1 aromatic carbocycles. The van der Waals surface area contributed by atoms with Crippen molar-refractivity contribution < 1.29 is 17.5 Å². The second-order valence-electron chi connectivity index (χ2n) is 3.91. The summed E-state index contributed by atoms with van der Waals surface area (Å²) in [5.41, 5.74) is 0.381. The van der Waals surface area contributed by atoms with Crippen LogP contribution in [0.25, 0.3) is 0 Å². The fourth-order valence-corrected chi connectivity index (χ4v) is 3.20. The number of halogens is 2. The van der Waals surface area contributed by atoms with Crippen molar-refractivity contribution in [1.29, 1.82) is 0 Å². The van der Waals surface area contributed by atoms with Crippen LogP contribution in [-0.2, 0) is 20.6 Å².